The standard InChI is InChI=1S/C71H137N2O6P/c1-6-8-10-12-14-16-18-20-22-24-26-28-30-32-34-36-38-40-42-44-46-48-50-52-54-56-58-60-62-64-70(74)69(68-79-80(76,77)78-67-66-73(3,4)5)72-71(75)65-63-61-59-57-55-53-51-49-47-45-43-41-39-37-35-33-31-29-27-25-23-21-19-17-15-13-11-9-7-2/h19,21,25,27,31,33,62,64,69-70,74H,6-18,20,22-24,26,28-30,32,34-61,63,65-68H2,1-5H3,(H-,72,75,76,77)/p+1/b21-19-,27-25-,33-31-,64-62+. The summed E-state index contributed by atoms with van der Waals surface area (Å²) in [5, 5.41) is 14.0. The first kappa shape index (κ1) is 78.5. The van der Waals surface area contributed by atoms with Gasteiger partial charge in [0.05, 0.1) is 39.9 Å². The number of hydrogen-bond acceptors (Lipinski definition) is 5. The zero-order valence-electron chi connectivity index (χ0n) is 54.1. The topological polar surface area (TPSA) is 105 Å². The van der Waals surface area contributed by atoms with E-state index in [-0.39, 0.29) is 19.1 Å². The summed E-state index contributed by atoms with van der Waals surface area (Å²) in [6.07, 6.45) is 84.0. The van der Waals surface area contributed by atoms with E-state index >= 15 is 0 Å². The second kappa shape index (κ2) is 62.0. The van der Waals surface area contributed by atoms with Gasteiger partial charge >= 0.3 is 7.82 Å². The number of phosphoric ester groups is 1. The molecule has 0 aromatic rings. The highest BCUT2D eigenvalue weighted by molar-refractivity contribution is 7.47. The van der Waals surface area contributed by atoms with E-state index in [4.69, 9.17) is 9.05 Å². The van der Waals surface area contributed by atoms with Gasteiger partial charge in [0.2, 0.25) is 5.91 Å². The molecule has 3 N–H and O–H groups in total. The molecule has 472 valence electrons. The molecule has 0 aliphatic heterocycles. The van der Waals surface area contributed by atoms with E-state index in [0.717, 1.165) is 51.4 Å². The molecule has 0 saturated heterocycles. The van der Waals surface area contributed by atoms with Gasteiger partial charge in [0.25, 0.3) is 0 Å². The van der Waals surface area contributed by atoms with Crippen molar-refractivity contribution in [2.24, 2.45) is 0 Å². The molecule has 0 fully saturated rings. The van der Waals surface area contributed by atoms with Crippen LogP contribution >= 0.6 is 7.82 Å². The van der Waals surface area contributed by atoms with Gasteiger partial charge in [-0.1, -0.05) is 332 Å². The van der Waals surface area contributed by atoms with Gasteiger partial charge < -0.3 is 19.8 Å². The Balaban J connectivity index is 4.07. The lowest BCUT2D eigenvalue weighted by atomic mass is 10.0. The van der Waals surface area contributed by atoms with Crippen molar-refractivity contribution < 1.29 is 32.9 Å². The third-order valence-electron chi connectivity index (χ3n) is 16.0. The number of likely N-dealkylation sites (N-methyl/N-ethyl adjacent to an activating group) is 1. The number of hydrogen-bond donors (Lipinski definition) is 3. The average molecular weight is 1150 g/mol. The van der Waals surface area contributed by atoms with Crippen molar-refractivity contribution in [3.63, 3.8) is 0 Å². The minimum absolute atomic E-state index is 0.0618. The molecule has 0 aliphatic carbocycles. The molecule has 0 aromatic heterocycles. The number of nitrogens with one attached hydrogen (secondary N) is 1. The zero-order valence-corrected chi connectivity index (χ0v) is 55.0. The lowest BCUT2D eigenvalue weighted by molar-refractivity contribution is -0.870. The fourth-order valence-electron chi connectivity index (χ4n) is 10.6. The van der Waals surface area contributed by atoms with Crippen LogP contribution in [0.3, 0.4) is 0 Å². The minimum atomic E-state index is -4.35. The molecule has 0 aliphatic rings. The first-order valence-corrected chi connectivity index (χ1v) is 36.5. The Labute approximate surface area is 499 Å². The van der Waals surface area contributed by atoms with Crippen LogP contribution in [-0.4, -0.2) is 73.4 Å². The Bertz CT molecular complexity index is 1440. The van der Waals surface area contributed by atoms with Crippen molar-refractivity contribution in [3.8, 4) is 0 Å². The van der Waals surface area contributed by atoms with Crippen LogP contribution in [0.4, 0.5) is 0 Å². The van der Waals surface area contributed by atoms with Crippen molar-refractivity contribution in [2.45, 2.75) is 360 Å². The summed E-state index contributed by atoms with van der Waals surface area (Å²) in [4.78, 5) is 23.4. The lowest BCUT2D eigenvalue weighted by Crippen LogP contribution is -2.45. The Hall–Kier alpha value is -1.54. The number of carbonyl (C=O) groups excluding carboxylic acids is 1. The number of rotatable bonds is 65. The Morgan fingerprint density at radius 2 is 0.713 bits per heavy atom. The van der Waals surface area contributed by atoms with Crippen LogP contribution in [-0.2, 0) is 18.4 Å². The summed E-state index contributed by atoms with van der Waals surface area (Å²) >= 11 is 0. The number of amides is 1. The monoisotopic (exact) mass is 1150 g/mol. The first-order chi connectivity index (χ1) is 39.0. The molecule has 8 nitrogen and oxygen atoms in total. The third kappa shape index (κ3) is 64.0. The molecule has 0 aromatic carbocycles. The molecule has 0 radical (unpaired) electrons. The first-order valence-electron chi connectivity index (χ1n) is 35.0. The summed E-state index contributed by atoms with van der Waals surface area (Å²) in [5.41, 5.74) is 0. The van der Waals surface area contributed by atoms with Crippen LogP contribution in [0.25, 0.3) is 0 Å². The van der Waals surface area contributed by atoms with Crippen LogP contribution in [0.5, 0.6) is 0 Å². The number of quaternary nitrogens is 1. The summed E-state index contributed by atoms with van der Waals surface area (Å²) in [5.74, 6) is -0.173. The van der Waals surface area contributed by atoms with E-state index in [1.807, 2.05) is 27.2 Å². The molecular formula is C71H138N2O6P+. The number of aliphatic hydroxyl groups is 1. The normalized spacial score (nSPS) is 13.9. The second-order valence-corrected chi connectivity index (χ2v) is 26.7. The number of aliphatic hydroxyl groups excluding tert-OH is 1. The third-order valence-corrected chi connectivity index (χ3v) is 17.0. The summed E-state index contributed by atoms with van der Waals surface area (Å²) in [6.45, 7) is 4.85. The average Bonchev–Trinajstić information content (AvgIpc) is 3.42. The number of allylic oxidation sites excluding steroid dienone is 7. The lowest BCUT2D eigenvalue weighted by Gasteiger charge is -2.25. The predicted molar refractivity (Wildman–Crippen MR) is 351 cm³/mol. The van der Waals surface area contributed by atoms with Crippen molar-refractivity contribution in [2.75, 3.05) is 40.9 Å². The number of phosphoric acid groups is 1. The predicted octanol–water partition coefficient (Wildman–Crippen LogP) is 22.2. The summed E-state index contributed by atoms with van der Waals surface area (Å²) < 4.78 is 23.8. The van der Waals surface area contributed by atoms with E-state index in [0.29, 0.717) is 17.4 Å². The molecule has 1 amide bonds. The van der Waals surface area contributed by atoms with E-state index in [2.05, 4.69) is 55.6 Å². The summed E-state index contributed by atoms with van der Waals surface area (Å²) in [6, 6.07) is -0.849. The van der Waals surface area contributed by atoms with Gasteiger partial charge in [-0.25, -0.2) is 4.57 Å². The van der Waals surface area contributed by atoms with Crippen molar-refractivity contribution in [1.82, 2.24) is 5.32 Å². The Kier molecular flexibility index (Phi) is 60.8. The molecule has 3 unspecified atom stereocenters. The van der Waals surface area contributed by atoms with Gasteiger partial charge in [-0.2, -0.15) is 0 Å². The highest BCUT2D eigenvalue weighted by atomic mass is 31.2. The molecule has 3 atom stereocenters. The van der Waals surface area contributed by atoms with Gasteiger partial charge in [-0.05, 0) is 57.8 Å². The highest BCUT2D eigenvalue weighted by Gasteiger charge is 2.28. The quantitative estimate of drug-likeness (QED) is 0.0243. The second-order valence-electron chi connectivity index (χ2n) is 25.3. The van der Waals surface area contributed by atoms with Crippen molar-refractivity contribution in [1.29, 1.82) is 0 Å². The smallest absolute Gasteiger partial charge is 0.387 e. The molecule has 0 saturated carbocycles. The maximum Gasteiger partial charge on any atom is 0.472 e. The maximum absolute atomic E-state index is 13.1. The molecule has 0 bridgehead atoms. The number of unbranched alkanes of at least 4 members (excludes halogenated alkanes) is 46. The van der Waals surface area contributed by atoms with Gasteiger partial charge in [0.15, 0.2) is 0 Å². The number of nitrogens with zero attached hydrogens (tertiary/aromatic N) is 1. The van der Waals surface area contributed by atoms with E-state index in [9.17, 15) is 19.4 Å². The number of carbonyl (C=O) groups is 1. The van der Waals surface area contributed by atoms with E-state index < -0.39 is 20.0 Å². The van der Waals surface area contributed by atoms with E-state index in [1.165, 1.54) is 276 Å². The molecule has 9 heteroatoms. The molecular weight excluding hydrogens is 1010 g/mol. The SMILES string of the molecule is CCCCCCC/C=C\C/C=C\C/C=C\CCCCCCCCCCCCCCCCC(=O)NC(COP(=O)(O)OCC[N+](C)(C)C)C(O)/C=C/CCCCCCCCCCCCCCCCCCCCCCCCCCCCC. The van der Waals surface area contributed by atoms with Crippen LogP contribution < -0.4 is 5.32 Å². The summed E-state index contributed by atoms with van der Waals surface area (Å²) in [7, 11) is 1.58. The molecule has 0 rings (SSSR count). The van der Waals surface area contributed by atoms with Gasteiger partial charge in [-0.3, -0.25) is 13.8 Å². The highest BCUT2D eigenvalue weighted by Crippen LogP contribution is 2.43. The van der Waals surface area contributed by atoms with E-state index in [1.54, 1.807) is 6.08 Å². The van der Waals surface area contributed by atoms with Gasteiger partial charge in [-0.15, -0.1) is 0 Å². The van der Waals surface area contributed by atoms with Crippen molar-refractivity contribution in [3.05, 3.63) is 48.6 Å². The fraction of sp³-hybridized carbons (Fsp3) is 0.873. The van der Waals surface area contributed by atoms with Crippen LogP contribution in [0, 0.1) is 0 Å². The zero-order chi connectivity index (χ0) is 58.4. The molecule has 0 spiro atoms. The van der Waals surface area contributed by atoms with Gasteiger partial charge in [0, 0.05) is 6.42 Å². The van der Waals surface area contributed by atoms with Crippen molar-refractivity contribution >= 4 is 13.7 Å². The maximum atomic E-state index is 13.1. The van der Waals surface area contributed by atoms with Crippen LogP contribution in [0.1, 0.15) is 348 Å². The molecule has 0 heterocycles. The largest absolute Gasteiger partial charge is 0.472 e. The fourth-order valence-corrected chi connectivity index (χ4v) is 11.3. The molecule has 80 heavy (non-hydrogen) atoms. The van der Waals surface area contributed by atoms with Crippen LogP contribution in [0.15, 0.2) is 48.6 Å². The Morgan fingerprint density at radius 1 is 0.425 bits per heavy atom. The minimum Gasteiger partial charge on any atom is -0.387 e. The van der Waals surface area contributed by atoms with Crippen LogP contribution in [0.2, 0.25) is 0 Å². The Morgan fingerprint density at radius 3 is 1.04 bits per heavy atom. The van der Waals surface area contributed by atoms with Gasteiger partial charge in [0.1, 0.15) is 13.2 Å².